The monoisotopic (exact) mass is 354 g/mol. The summed E-state index contributed by atoms with van der Waals surface area (Å²) in [6.45, 7) is 0.0823. The van der Waals surface area contributed by atoms with E-state index in [9.17, 15) is 19.6 Å². The summed E-state index contributed by atoms with van der Waals surface area (Å²) >= 11 is 0. The summed E-state index contributed by atoms with van der Waals surface area (Å²) in [4.78, 5) is 37.2. The number of benzene rings is 1. The molecule has 132 valence electrons. The summed E-state index contributed by atoms with van der Waals surface area (Å²) in [7, 11) is 0. The van der Waals surface area contributed by atoms with E-state index in [2.05, 4.69) is 5.32 Å². The van der Waals surface area contributed by atoms with Gasteiger partial charge in [-0.1, -0.05) is 0 Å². The maximum Gasteiger partial charge on any atom is 0.331 e. The number of anilines is 1. The molecular weight excluding hydrogens is 340 g/mol. The number of carbonyl (C=O) groups excluding carboxylic acids is 1. The van der Waals surface area contributed by atoms with Gasteiger partial charge in [-0.25, -0.2) is 9.36 Å². The van der Waals surface area contributed by atoms with Crippen LogP contribution in [0.15, 0.2) is 27.8 Å². The van der Waals surface area contributed by atoms with Crippen LogP contribution in [0.4, 0.5) is 5.69 Å². The summed E-state index contributed by atoms with van der Waals surface area (Å²) < 4.78 is 12.6. The lowest BCUT2D eigenvalue weighted by atomic mass is 10.2. The van der Waals surface area contributed by atoms with Gasteiger partial charge in [-0.3, -0.25) is 14.2 Å². The highest BCUT2D eigenvalue weighted by Gasteiger charge is 2.23. The molecule has 1 aromatic carbocycles. The van der Waals surface area contributed by atoms with Crippen LogP contribution in [0.25, 0.3) is 0 Å². The highest BCUT2D eigenvalue weighted by molar-refractivity contribution is 5.91. The molecule has 0 bridgehead atoms. The van der Waals surface area contributed by atoms with Crippen LogP contribution in [0.3, 0.4) is 0 Å². The molecule has 2 aliphatic heterocycles. The zero-order chi connectivity index (χ0) is 18.3. The number of nitrogens with one attached hydrogen (secondary N) is 1. The average Bonchev–Trinajstić information content (AvgIpc) is 3.28. The molecule has 26 heavy (non-hydrogen) atoms. The molecule has 2 aromatic rings. The Morgan fingerprint density at radius 1 is 1.27 bits per heavy atom. The number of carbonyl (C=O) groups is 1. The molecule has 0 unspecified atom stereocenters. The van der Waals surface area contributed by atoms with E-state index in [0.29, 0.717) is 42.3 Å². The molecule has 0 fully saturated rings. The first-order valence-electron chi connectivity index (χ1n) is 8.04. The molecule has 1 aromatic heterocycles. The predicted molar refractivity (Wildman–Crippen MR) is 89.2 cm³/mol. The van der Waals surface area contributed by atoms with E-state index in [-0.39, 0.29) is 12.4 Å². The number of nitrogens with zero attached hydrogens (tertiary/aromatic N) is 3. The van der Waals surface area contributed by atoms with E-state index in [0.717, 1.165) is 4.57 Å². The molecule has 0 atom stereocenters. The lowest BCUT2D eigenvalue weighted by Gasteiger charge is -2.11. The van der Waals surface area contributed by atoms with Crippen LogP contribution >= 0.6 is 0 Å². The third kappa shape index (κ3) is 2.52. The Balaban J connectivity index is 1.62. The van der Waals surface area contributed by atoms with Crippen molar-refractivity contribution in [2.24, 2.45) is 0 Å². The highest BCUT2D eigenvalue weighted by Crippen LogP contribution is 2.34. The standard InChI is InChI=1S/C17H14N4O5/c18-7-11-12-2-1-5-20(12)17(24)21(16(11)23)8-15(22)19-10-3-4-13-14(6-10)26-9-25-13/h3-4,6H,1-2,5,8-9H2,(H,19,22). The fraction of sp³-hybridized carbons (Fsp3) is 0.294. The van der Waals surface area contributed by atoms with Crippen molar-refractivity contribution in [3.05, 3.63) is 50.3 Å². The molecule has 3 heterocycles. The van der Waals surface area contributed by atoms with Gasteiger partial charge >= 0.3 is 5.69 Å². The fourth-order valence-electron chi connectivity index (χ4n) is 3.21. The van der Waals surface area contributed by atoms with Gasteiger partial charge in [-0.2, -0.15) is 5.26 Å². The molecule has 9 nitrogen and oxygen atoms in total. The minimum absolute atomic E-state index is 0.0713. The first-order chi connectivity index (χ1) is 12.6. The van der Waals surface area contributed by atoms with Crippen LogP contribution in [0, 0.1) is 11.3 Å². The van der Waals surface area contributed by atoms with Crippen LogP contribution in [-0.4, -0.2) is 21.8 Å². The third-order valence-electron chi connectivity index (χ3n) is 4.40. The summed E-state index contributed by atoms with van der Waals surface area (Å²) in [5.41, 5.74) is -0.462. The molecule has 9 heteroatoms. The average molecular weight is 354 g/mol. The second-order valence-corrected chi connectivity index (χ2v) is 5.98. The third-order valence-corrected chi connectivity index (χ3v) is 4.40. The number of nitriles is 1. The van der Waals surface area contributed by atoms with Crippen molar-refractivity contribution in [2.75, 3.05) is 12.1 Å². The van der Waals surface area contributed by atoms with Gasteiger partial charge in [-0.15, -0.1) is 0 Å². The zero-order valence-corrected chi connectivity index (χ0v) is 13.7. The van der Waals surface area contributed by atoms with Crippen LogP contribution in [0.2, 0.25) is 0 Å². The smallest absolute Gasteiger partial charge is 0.331 e. The first kappa shape index (κ1) is 16.0. The summed E-state index contributed by atoms with van der Waals surface area (Å²) in [6, 6.07) is 6.74. The Kier molecular flexibility index (Phi) is 3.73. The second-order valence-electron chi connectivity index (χ2n) is 5.98. The van der Waals surface area contributed by atoms with Gasteiger partial charge in [0, 0.05) is 24.0 Å². The number of hydrogen-bond donors (Lipinski definition) is 1. The topological polar surface area (TPSA) is 115 Å². The van der Waals surface area contributed by atoms with Crippen molar-refractivity contribution in [1.29, 1.82) is 5.26 Å². The minimum atomic E-state index is -0.730. The van der Waals surface area contributed by atoms with E-state index in [4.69, 9.17) is 9.47 Å². The van der Waals surface area contributed by atoms with Crippen molar-refractivity contribution in [3.8, 4) is 17.6 Å². The maximum absolute atomic E-state index is 12.5. The molecule has 0 spiro atoms. The van der Waals surface area contributed by atoms with E-state index in [1.807, 2.05) is 6.07 Å². The Morgan fingerprint density at radius 2 is 2.08 bits per heavy atom. The number of fused-ring (bicyclic) bond motifs is 2. The van der Waals surface area contributed by atoms with Crippen molar-refractivity contribution in [2.45, 2.75) is 25.9 Å². The lowest BCUT2D eigenvalue weighted by molar-refractivity contribution is -0.116. The zero-order valence-electron chi connectivity index (χ0n) is 13.7. The Hall–Kier alpha value is -3.54. The van der Waals surface area contributed by atoms with Crippen LogP contribution in [-0.2, 0) is 24.3 Å². The molecule has 0 radical (unpaired) electrons. The fourth-order valence-corrected chi connectivity index (χ4v) is 3.21. The van der Waals surface area contributed by atoms with Crippen LogP contribution in [0.5, 0.6) is 11.5 Å². The van der Waals surface area contributed by atoms with Gasteiger partial charge < -0.3 is 14.8 Å². The van der Waals surface area contributed by atoms with E-state index < -0.39 is 23.7 Å². The van der Waals surface area contributed by atoms with Crippen molar-refractivity contribution >= 4 is 11.6 Å². The summed E-state index contributed by atoms with van der Waals surface area (Å²) in [5, 5.41) is 11.9. The van der Waals surface area contributed by atoms with Crippen molar-refractivity contribution in [3.63, 3.8) is 0 Å². The normalized spacial score (nSPS) is 14.0. The van der Waals surface area contributed by atoms with E-state index in [1.165, 1.54) is 4.57 Å². The lowest BCUT2D eigenvalue weighted by Crippen LogP contribution is -2.44. The highest BCUT2D eigenvalue weighted by atomic mass is 16.7. The number of amides is 1. The molecule has 4 rings (SSSR count). The van der Waals surface area contributed by atoms with Crippen LogP contribution in [0.1, 0.15) is 17.7 Å². The van der Waals surface area contributed by atoms with Crippen molar-refractivity contribution < 1.29 is 14.3 Å². The number of ether oxygens (including phenoxy) is 2. The molecular formula is C17H14N4O5. The van der Waals surface area contributed by atoms with Gasteiger partial charge in [0.1, 0.15) is 18.2 Å². The van der Waals surface area contributed by atoms with Crippen LogP contribution < -0.4 is 26.0 Å². The molecule has 1 N–H and O–H groups in total. The van der Waals surface area contributed by atoms with E-state index in [1.54, 1.807) is 18.2 Å². The number of aromatic nitrogens is 2. The van der Waals surface area contributed by atoms with Gasteiger partial charge in [0.05, 0.1) is 0 Å². The predicted octanol–water partition coefficient (Wildman–Crippen LogP) is 0.195. The summed E-state index contributed by atoms with van der Waals surface area (Å²) in [6.07, 6.45) is 1.20. The van der Waals surface area contributed by atoms with Gasteiger partial charge in [-0.05, 0) is 25.0 Å². The quantitative estimate of drug-likeness (QED) is 0.842. The number of hydrogen-bond acceptors (Lipinski definition) is 6. The Morgan fingerprint density at radius 3 is 2.88 bits per heavy atom. The molecule has 2 aliphatic rings. The molecule has 0 aliphatic carbocycles. The van der Waals surface area contributed by atoms with Gasteiger partial charge in [0.2, 0.25) is 12.7 Å². The van der Waals surface area contributed by atoms with Gasteiger partial charge in [0.25, 0.3) is 5.56 Å². The maximum atomic E-state index is 12.5. The SMILES string of the molecule is N#Cc1c2n(c(=O)n(CC(=O)Nc3ccc4c(c3)OCO4)c1=O)CCC2. The molecule has 0 saturated heterocycles. The van der Waals surface area contributed by atoms with E-state index >= 15 is 0 Å². The second kappa shape index (κ2) is 6.07. The Bertz CT molecular complexity index is 1080. The largest absolute Gasteiger partial charge is 0.454 e. The number of rotatable bonds is 3. The van der Waals surface area contributed by atoms with Gasteiger partial charge in [0.15, 0.2) is 11.5 Å². The molecule has 1 amide bonds. The summed E-state index contributed by atoms with van der Waals surface area (Å²) in [5.74, 6) is 0.532. The Labute approximate surface area is 147 Å². The molecule has 0 saturated carbocycles. The van der Waals surface area contributed by atoms with Crippen molar-refractivity contribution in [1.82, 2.24) is 9.13 Å². The minimum Gasteiger partial charge on any atom is -0.454 e. The first-order valence-corrected chi connectivity index (χ1v) is 8.04.